The average molecular weight is 438 g/mol. The van der Waals surface area contributed by atoms with Gasteiger partial charge in [0.25, 0.3) is 0 Å². The maximum absolute atomic E-state index is 13.7. The second-order valence-corrected chi connectivity index (χ2v) is 7.97. The Kier molecular flexibility index (Phi) is 4.44. The van der Waals surface area contributed by atoms with Gasteiger partial charge in [-0.25, -0.2) is 14.6 Å². The summed E-state index contributed by atoms with van der Waals surface area (Å²) in [4.78, 5) is 29.4. The first kappa shape index (κ1) is 19.5. The molecule has 31 heavy (non-hydrogen) atoms. The normalized spacial score (nSPS) is 14.5. The van der Waals surface area contributed by atoms with E-state index in [-0.39, 0.29) is 5.69 Å². The Bertz CT molecular complexity index is 1390. The Hall–Kier alpha value is -3.45. The molecule has 8 heteroatoms. The third-order valence-corrected chi connectivity index (χ3v) is 5.98. The number of fused-ring (bicyclic) bond motifs is 1. The van der Waals surface area contributed by atoms with E-state index in [4.69, 9.17) is 16.3 Å². The van der Waals surface area contributed by atoms with Gasteiger partial charge < -0.3 is 4.74 Å². The smallest absolute Gasteiger partial charge is 0.337 e. The zero-order valence-corrected chi connectivity index (χ0v) is 17.3. The number of hydrogen-bond donors (Lipinski definition) is 0. The third-order valence-electron chi connectivity index (χ3n) is 5.74. The Morgan fingerprint density at radius 3 is 2.61 bits per heavy atom. The molecule has 0 saturated heterocycles. The Balaban J connectivity index is 1.77. The molecule has 1 fully saturated rings. The van der Waals surface area contributed by atoms with Crippen LogP contribution in [0.4, 0.5) is 4.39 Å². The SMILES string of the molecule is COC(=O)c1cccc(C2(n3c(=O)n(-c4ccc(F)nc4)c4cc(Cl)ccc43)CC2)c1. The quantitative estimate of drug-likeness (QED) is 0.352. The van der Waals surface area contributed by atoms with E-state index >= 15 is 0 Å². The van der Waals surface area contributed by atoms with Crippen LogP contribution < -0.4 is 5.69 Å². The van der Waals surface area contributed by atoms with Gasteiger partial charge in [-0.15, -0.1) is 0 Å². The molecule has 0 unspecified atom stereocenters. The summed E-state index contributed by atoms with van der Waals surface area (Å²) in [5.74, 6) is -1.06. The zero-order chi connectivity index (χ0) is 21.8. The van der Waals surface area contributed by atoms with Crippen LogP contribution in [0.25, 0.3) is 16.7 Å². The second-order valence-electron chi connectivity index (χ2n) is 7.53. The van der Waals surface area contributed by atoms with E-state index in [1.807, 2.05) is 6.07 Å². The molecule has 1 aliphatic carbocycles. The first-order valence-electron chi connectivity index (χ1n) is 9.69. The largest absolute Gasteiger partial charge is 0.465 e. The van der Waals surface area contributed by atoms with Gasteiger partial charge >= 0.3 is 11.7 Å². The second kappa shape index (κ2) is 7.06. The Morgan fingerprint density at radius 1 is 1.13 bits per heavy atom. The molecule has 4 aromatic rings. The Labute approximate surface area is 181 Å². The highest BCUT2D eigenvalue weighted by Crippen LogP contribution is 2.50. The molecule has 1 saturated carbocycles. The first-order chi connectivity index (χ1) is 14.9. The fourth-order valence-electron chi connectivity index (χ4n) is 4.15. The number of benzene rings is 2. The number of rotatable bonds is 4. The number of imidazole rings is 1. The van der Waals surface area contributed by atoms with E-state index in [9.17, 15) is 14.0 Å². The van der Waals surface area contributed by atoms with Crippen LogP contribution in [0.2, 0.25) is 5.02 Å². The van der Waals surface area contributed by atoms with Crippen molar-refractivity contribution in [1.82, 2.24) is 14.1 Å². The molecule has 2 aromatic heterocycles. The minimum absolute atomic E-state index is 0.286. The average Bonchev–Trinajstić information content (AvgIpc) is 3.52. The fourth-order valence-corrected chi connectivity index (χ4v) is 4.31. The predicted octanol–water partition coefficient (Wildman–Crippen LogP) is 4.30. The molecule has 2 heterocycles. The highest BCUT2D eigenvalue weighted by Gasteiger charge is 2.49. The number of carbonyl (C=O) groups is 1. The van der Waals surface area contributed by atoms with Crippen LogP contribution in [0.15, 0.2) is 65.6 Å². The molecule has 6 nitrogen and oxygen atoms in total. The van der Waals surface area contributed by atoms with Crippen molar-refractivity contribution >= 4 is 28.6 Å². The summed E-state index contributed by atoms with van der Waals surface area (Å²) in [7, 11) is 1.33. The lowest BCUT2D eigenvalue weighted by Crippen LogP contribution is -2.32. The van der Waals surface area contributed by atoms with E-state index < -0.39 is 17.5 Å². The summed E-state index contributed by atoms with van der Waals surface area (Å²) in [6, 6.07) is 15.1. The van der Waals surface area contributed by atoms with Gasteiger partial charge in [-0.2, -0.15) is 4.39 Å². The van der Waals surface area contributed by atoms with Crippen molar-refractivity contribution in [2.24, 2.45) is 0 Å². The van der Waals surface area contributed by atoms with Gasteiger partial charge in [-0.05, 0) is 60.9 Å². The summed E-state index contributed by atoms with van der Waals surface area (Å²) in [6.45, 7) is 0. The molecule has 0 spiro atoms. The minimum Gasteiger partial charge on any atom is -0.465 e. The van der Waals surface area contributed by atoms with Crippen molar-refractivity contribution in [2.45, 2.75) is 18.4 Å². The monoisotopic (exact) mass is 437 g/mol. The predicted molar refractivity (Wildman–Crippen MR) is 114 cm³/mol. The Morgan fingerprint density at radius 2 is 1.94 bits per heavy atom. The number of methoxy groups -OCH3 is 1. The van der Waals surface area contributed by atoms with Crippen molar-refractivity contribution in [3.63, 3.8) is 0 Å². The molecule has 1 aliphatic rings. The van der Waals surface area contributed by atoms with Gasteiger partial charge in [0.05, 0.1) is 41.1 Å². The zero-order valence-electron chi connectivity index (χ0n) is 16.5. The summed E-state index contributed by atoms with van der Waals surface area (Å²) < 4.78 is 21.4. The molecule has 0 atom stereocenters. The summed E-state index contributed by atoms with van der Waals surface area (Å²) in [6.07, 6.45) is 2.79. The standard InChI is InChI=1S/C23H17ClFN3O3/c1-31-21(29)14-3-2-4-15(11-14)23(9-10-23)28-18-7-5-16(24)12-19(18)27(22(28)30)17-6-8-20(25)26-13-17/h2-8,11-13H,9-10H2,1H3. The van der Waals surface area contributed by atoms with Crippen LogP contribution in [0.1, 0.15) is 28.8 Å². The van der Waals surface area contributed by atoms with Crippen molar-refractivity contribution in [1.29, 1.82) is 0 Å². The molecular weight excluding hydrogens is 421 g/mol. The molecule has 5 rings (SSSR count). The summed E-state index contributed by atoms with van der Waals surface area (Å²) in [5.41, 5.74) is 2.13. The lowest BCUT2D eigenvalue weighted by Gasteiger charge is -2.19. The first-order valence-corrected chi connectivity index (χ1v) is 10.1. The fraction of sp³-hybridized carbons (Fsp3) is 0.174. The molecule has 0 amide bonds. The van der Waals surface area contributed by atoms with E-state index in [2.05, 4.69) is 4.98 Å². The van der Waals surface area contributed by atoms with E-state index in [0.29, 0.717) is 27.3 Å². The maximum Gasteiger partial charge on any atom is 0.337 e. The van der Waals surface area contributed by atoms with Crippen LogP contribution in [0, 0.1) is 5.95 Å². The maximum atomic E-state index is 13.7. The number of esters is 1. The number of halogens is 2. The van der Waals surface area contributed by atoms with E-state index in [1.54, 1.807) is 41.0 Å². The highest BCUT2D eigenvalue weighted by molar-refractivity contribution is 6.31. The van der Waals surface area contributed by atoms with Crippen molar-refractivity contribution in [2.75, 3.05) is 7.11 Å². The van der Waals surface area contributed by atoms with Gasteiger partial charge in [0.2, 0.25) is 5.95 Å². The van der Waals surface area contributed by atoms with E-state index in [0.717, 1.165) is 18.4 Å². The van der Waals surface area contributed by atoms with Crippen LogP contribution in [-0.2, 0) is 10.3 Å². The summed E-state index contributed by atoms with van der Waals surface area (Å²) >= 11 is 6.23. The lowest BCUT2D eigenvalue weighted by molar-refractivity contribution is 0.0600. The molecule has 0 aliphatic heterocycles. The summed E-state index contributed by atoms with van der Waals surface area (Å²) in [5, 5.41) is 0.478. The van der Waals surface area contributed by atoms with Gasteiger partial charge in [0, 0.05) is 5.02 Å². The van der Waals surface area contributed by atoms with Crippen molar-refractivity contribution in [3.8, 4) is 5.69 Å². The number of hydrogen-bond acceptors (Lipinski definition) is 4. The van der Waals surface area contributed by atoms with E-state index in [1.165, 1.54) is 30.0 Å². The van der Waals surface area contributed by atoms with Crippen molar-refractivity contribution in [3.05, 3.63) is 93.4 Å². The third kappa shape index (κ3) is 3.04. The van der Waals surface area contributed by atoms with Crippen LogP contribution >= 0.6 is 11.6 Å². The number of nitrogens with zero attached hydrogens (tertiary/aromatic N) is 3. The topological polar surface area (TPSA) is 66.1 Å². The number of aromatic nitrogens is 3. The molecule has 0 radical (unpaired) electrons. The molecule has 156 valence electrons. The van der Waals surface area contributed by atoms with Crippen molar-refractivity contribution < 1.29 is 13.9 Å². The van der Waals surface area contributed by atoms with Gasteiger partial charge in [-0.1, -0.05) is 23.7 Å². The van der Waals surface area contributed by atoms with Gasteiger partial charge in [-0.3, -0.25) is 9.13 Å². The highest BCUT2D eigenvalue weighted by atomic mass is 35.5. The van der Waals surface area contributed by atoms with Crippen LogP contribution in [-0.4, -0.2) is 27.2 Å². The van der Waals surface area contributed by atoms with Gasteiger partial charge in [0.1, 0.15) is 0 Å². The number of carbonyl (C=O) groups excluding carboxylic acids is 1. The molecule has 2 aromatic carbocycles. The number of pyridine rings is 1. The van der Waals surface area contributed by atoms with Crippen LogP contribution in [0.3, 0.4) is 0 Å². The van der Waals surface area contributed by atoms with Crippen LogP contribution in [0.5, 0.6) is 0 Å². The molecule has 0 bridgehead atoms. The molecule has 0 N–H and O–H groups in total. The van der Waals surface area contributed by atoms with Gasteiger partial charge in [0.15, 0.2) is 0 Å². The number of ether oxygens (including phenoxy) is 1. The lowest BCUT2D eigenvalue weighted by atomic mass is 10.0. The molecular formula is C23H17ClFN3O3. The minimum atomic E-state index is -0.628.